The molecule has 86 valence electrons. The third-order valence-electron chi connectivity index (χ3n) is 3.82. The van der Waals surface area contributed by atoms with Crippen LogP contribution in [0.2, 0.25) is 0 Å². The zero-order chi connectivity index (χ0) is 11.9. The molecule has 1 aliphatic rings. The van der Waals surface area contributed by atoms with Crippen LogP contribution in [0, 0.1) is 0 Å². The normalized spacial score (nSPS) is 13.1. The van der Waals surface area contributed by atoms with Crippen LogP contribution in [0.15, 0.2) is 54.7 Å². The third kappa shape index (κ3) is 1.37. The van der Waals surface area contributed by atoms with Gasteiger partial charge in [-0.1, -0.05) is 36.4 Å². The molecule has 1 heterocycles. The molecule has 0 radical (unpaired) electrons. The van der Waals surface area contributed by atoms with Crippen molar-refractivity contribution in [2.45, 2.75) is 12.8 Å². The lowest BCUT2D eigenvalue weighted by molar-refractivity contribution is 0.792. The monoisotopic (exact) mass is 231 g/mol. The molecule has 1 nitrogen and oxygen atoms in total. The Morgan fingerprint density at radius 3 is 2.56 bits per heavy atom. The molecular weight excluding hydrogens is 218 g/mol. The van der Waals surface area contributed by atoms with E-state index < -0.39 is 0 Å². The quantitative estimate of drug-likeness (QED) is 0.617. The fourth-order valence-electron chi connectivity index (χ4n) is 2.72. The van der Waals surface area contributed by atoms with Crippen LogP contribution in [0.5, 0.6) is 0 Å². The molecule has 0 unspecified atom stereocenters. The maximum absolute atomic E-state index is 4.41. The number of rotatable bonds is 1. The van der Waals surface area contributed by atoms with Crippen molar-refractivity contribution in [3.8, 4) is 11.1 Å². The number of aryl methyl sites for hydroxylation is 1. The summed E-state index contributed by atoms with van der Waals surface area (Å²) in [5.41, 5.74) is 5.39. The number of nitrogens with zero attached hydrogens (tertiary/aromatic N) is 1. The summed E-state index contributed by atoms with van der Waals surface area (Å²) in [6, 6.07) is 17.4. The van der Waals surface area contributed by atoms with Gasteiger partial charge in [-0.2, -0.15) is 0 Å². The second-order valence-corrected chi connectivity index (χ2v) is 4.85. The van der Waals surface area contributed by atoms with Crippen molar-refractivity contribution in [2.24, 2.45) is 0 Å². The van der Waals surface area contributed by atoms with Crippen LogP contribution in [0.3, 0.4) is 0 Å². The Morgan fingerprint density at radius 1 is 0.833 bits per heavy atom. The maximum atomic E-state index is 4.41. The van der Waals surface area contributed by atoms with Crippen LogP contribution in [-0.2, 0) is 12.8 Å². The number of hydrogen-bond donors (Lipinski definition) is 0. The van der Waals surface area contributed by atoms with E-state index in [1.54, 1.807) is 0 Å². The van der Waals surface area contributed by atoms with Gasteiger partial charge in [0.05, 0.1) is 0 Å². The average Bonchev–Trinajstić information content (AvgIpc) is 2.39. The van der Waals surface area contributed by atoms with E-state index in [1.807, 2.05) is 6.20 Å². The van der Waals surface area contributed by atoms with Gasteiger partial charge >= 0.3 is 0 Å². The van der Waals surface area contributed by atoms with Gasteiger partial charge in [-0.25, -0.2) is 0 Å². The summed E-state index contributed by atoms with van der Waals surface area (Å²) in [6.07, 6.45) is 4.24. The van der Waals surface area contributed by atoms with Crippen LogP contribution in [-0.4, -0.2) is 4.98 Å². The minimum absolute atomic E-state index is 1.14. The van der Waals surface area contributed by atoms with E-state index >= 15 is 0 Å². The van der Waals surface area contributed by atoms with Gasteiger partial charge in [0.1, 0.15) is 0 Å². The first-order chi connectivity index (χ1) is 8.92. The predicted molar refractivity (Wildman–Crippen MR) is 74.6 cm³/mol. The minimum atomic E-state index is 1.14. The van der Waals surface area contributed by atoms with Crippen LogP contribution < -0.4 is 0 Å². The standard InChI is InChI=1S/C17H13N/c1-2-4-13-11-14(6-5-12(13)3-1)15-9-10-18-17-8-7-16(15)17/h1-6,9-11H,7-8H2. The minimum Gasteiger partial charge on any atom is -0.261 e. The Balaban J connectivity index is 1.94. The molecule has 18 heavy (non-hydrogen) atoms. The molecule has 0 saturated carbocycles. The van der Waals surface area contributed by atoms with Gasteiger partial charge in [-0.3, -0.25) is 4.98 Å². The summed E-state index contributed by atoms with van der Waals surface area (Å²) in [7, 11) is 0. The molecule has 0 saturated heterocycles. The second-order valence-electron chi connectivity index (χ2n) is 4.85. The highest BCUT2D eigenvalue weighted by Gasteiger charge is 2.18. The Bertz CT molecular complexity index is 743. The van der Waals surface area contributed by atoms with Gasteiger partial charge in [-0.05, 0) is 52.4 Å². The largest absolute Gasteiger partial charge is 0.261 e. The van der Waals surface area contributed by atoms with Crippen molar-refractivity contribution in [2.75, 3.05) is 0 Å². The fraction of sp³-hybridized carbons (Fsp3) is 0.118. The van der Waals surface area contributed by atoms with E-state index in [4.69, 9.17) is 0 Å². The van der Waals surface area contributed by atoms with E-state index in [2.05, 4.69) is 53.5 Å². The summed E-state index contributed by atoms with van der Waals surface area (Å²) >= 11 is 0. The number of hydrogen-bond acceptors (Lipinski definition) is 1. The SMILES string of the molecule is c1ccc2cc(-c3ccnc4c3CC4)ccc2c1. The molecular formula is C17H13N. The maximum Gasteiger partial charge on any atom is 0.0445 e. The first-order valence-electron chi connectivity index (χ1n) is 6.38. The zero-order valence-corrected chi connectivity index (χ0v) is 10.1. The van der Waals surface area contributed by atoms with Crippen molar-refractivity contribution in [1.29, 1.82) is 0 Å². The lowest BCUT2D eigenvalue weighted by atomic mass is 9.86. The molecule has 0 fully saturated rings. The van der Waals surface area contributed by atoms with Crippen molar-refractivity contribution in [3.63, 3.8) is 0 Å². The highest BCUT2D eigenvalue weighted by Crippen LogP contribution is 2.33. The number of fused-ring (bicyclic) bond motifs is 2. The lowest BCUT2D eigenvalue weighted by Crippen LogP contribution is -2.12. The first-order valence-corrected chi connectivity index (χ1v) is 6.38. The van der Waals surface area contributed by atoms with Crippen molar-refractivity contribution in [3.05, 3.63) is 66.0 Å². The molecule has 0 amide bonds. The smallest absolute Gasteiger partial charge is 0.0445 e. The Labute approximate surface area is 106 Å². The van der Waals surface area contributed by atoms with Gasteiger partial charge in [-0.15, -0.1) is 0 Å². The van der Waals surface area contributed by atoms with Crippen LogP contribution in [0.1, 0.15) is 11.3 Å². The molecule has 0 bridgehead atoms. The van der Waals surface area contributed by atoms with Gasteiger partial charge in [0.15, 0.2) is 0 Å². The zero-order valence-electron chi connectivity index (χ0n) is 10.1. The van der Waals surface area contributed by atoms with Crippen molar-refractivity contribution in [1.82, 2.24) is 4.98 Å². The topological polar surface area (TPSA) is 12.9 Å². The molecule has 0 atom stereocenters. The number of benzene rings is 2. The Kier molecular flexibility index (Phi) is 2.01. The first kappa shape index (κ1) is 9.84. The van der Waals surface area contributed by atoms with E-state index in [0.29, 0.717) is 0 Å². The summed E-state index contributed by atoms with van der Waals surface area (Å²) in [5.74, 6) is 0. The molecule has 1 heteroatoms. The summed E-state index contributed by atoms with van der Waals surface area (Å²) in [5, 5.41) is 2.61. The van der Waals surface area contributed by atoms with Gasteiger partial charge in [0, 0.05) is 11.9 Å². The molecule has 3 aromatic rings. The van der Waals surface area contributed by atoms with Crippen LogP contribution >= 0.6 is 0 Å². The molecule has 4 rings (SSSR count). The third-order valence-corrected chi connectivity index (χ3v) is 3.82. The lowest BCUT2D eigenvalue weighted by Gasteiger charge is -2.21. The summed E-state index contributed by atoms with van der Waals surface area (Å²) in [4.78, 5) is 4.41. The van der Waals surface area contributed by atoms with Gasteiger partial charge in [0.2, 0.25) is 0 Å². The summed E-state index contributed by atoms with van der Waals surface area (Å²) in [6.45, 7) is 0. The number of pyridine rings is 1. The Morgan fingerprint density at radius 2 is 1.72 bits per heavy atom. The predicted octanol–water partition coefficient (Wildman–Crippen LogP) is 4.00. The highest BCUT2D eigenvalue weighted by atomic mass is 14.7. The van der Waals surface area contributed by atoms with E-state index in [9.17, 15) is 0 Å². The summed E-state index contributed by atoms with van der Waals surface area (Å²) < 4.78 is 0. The molecule has 0 N–H and O–H groups in total. The van der Waals surface area contributed by atoms with Gasteiger partial charge < -0.3 is 0 Å². The van der Waals surface area contributed by atoms with E-state index in [0.717, 1.165) is 6.42 Å². The van der Waals surface area contributed by atoms with E-state index in [1.165, 1.54) is 39.6 Å². The highest BCUT2D eigenvalue weighted by molar-refractivity contribution is 5.88. The number of aromatic nitrogens is 1. The van der Waals surface area contributed by atoms with Gasteiger partial charge in [0.25, 0.3) is 0 Å². The van der Waals surface area contributed by atoms with Crippen LogP contribution in [0.4, 0.5) is 0 Å². The molecule has 0 spiro atoms. The van der Waals surface area contributed by atoms with Crippen molar-refractivity contribution >= 4 is 10.8 Å². The van der Waals surface area contributed by atoms with E-state index in [-0.39, 0.29) is 0 Å². The molecule has 1 aromatic heterocycles. The van der Waals surface area contributed by atoms with Crippen LogP contribution in [0.25, 0.3) is 21.9 Å². The molecule has 0 aliphatic heterocycles. The van der Waals surface area contributed by atoms with Crippen molar-refractivity contribution < 1.29 is 0 Å². The Hall–Kier alpha value is -2.15. The average molecular weight is 231 g/mol. The fourth-order valence-corrected chi connectivity index (χ4v) is 2.72. The second kappa shape index (κ2) is 3.67. The molecule has 1 aliphatic carbocycles. The molecule has 2 aromatic carbocycles.